The molecule has 0 bridgehead atoms. The van der Waals surface area contributed by atoms with Gasteiger partial charge in [-0.1, -0.05) is 27.2 Å². The van der Waals surface area contributed by atoms with E-state index in [9.17, 15) is 9.59 Å². The molecule has 0 fully saturated rings. The molecule has 0 aromatic heterocycles. The van der Waals surface area contributed by atoms with Gasteiger partial charge in [0.05, 0.1) is 5.41 Å². The van der Waals surface area contributed by atoms with Crippen LogP contribution in [-0.4, -0.2) is 18.9 Å². The van der Waals surface area contributed by atoms with Crippen molar-refractivity contribution in [1.82, 2.24) is 0 Å². The van der Waals surface area contributed by atoms with E-state index in [0.717, 1.165) is 12.8 Å². The lowest BCUT2D eigenvalue weighted by Crippen LogP contribution is -2.32. The van der Waals surface area contributed by atoms with Crippen molar-refractivity contribution in [3.63, 3.8) is 0 Å². The lowest BCUT2D eigenvalue weighted by molar-refractivity contribution is -0.156. The van der Waals surface area contributed by atoms with Crippen LogP contribution in [-0.2, 0) is 14.3 Å². The molecular formula is C12H22O3. The smallest absolute Gasteiger partial charge is 0.311 e. The lowest BCUT2D eigenvalue weighted by Gasteiger charge is -2.32. The molecule has 3 heteroatoms. The van der Waals surface area contributed by atoms with Crippen LogP contribution in [0.2, 0.25) is 0 Å². The van der Waals surface area contributed by atoms with E-state index in [2.05, 4.69) is 20.8 Å². The van der Waals surface area contributed by atoms with E-state index in [1.54, 1.807) is 0 Å². The van der Waals surface area contributed by atoms with Crippen LogP contribution in [0.3, 0.4) is 0 Å². The Hall–Kier alpha value is -0.860. The van der Waals surface area contributed by atoms with Crippen molar-refractivity contribution in [2.75, 3.05) is 6.61 Å². The average Bonchev–Trinajstić information content (AvgIpc) is 2.12. The van der Waals surface area contributed by atoms with Crippen LogP contribution in [0, 0.1) is 10.8 Å². The molecule has 3 nitrogen and oxygen atoms in total. The molecule has 0 radical (unpaired) electrons. The van der Waals surface area contributed by atoms with Crippen LogP contribution in [0.4, 0.5) is 0 Å². The maximum absolute atomic E-state index is 11.6. The van der Waals surface area contributed by atoms with E-state index in [4.69, 9.17) is 4.74 Å². The summed E-state index contributed by atoms with van der Waals surface area (Å²) in [6, 6.07) is 0. The fourth-order valence-corrected chi connectivity index (χ4v) is 1.70. The normalized spacial score (nSPS) is 12.3. The third-order valence-electron chi connectivity index (χ3n) is 2.71. The third-order valence-corrected chi connectivity index (χ3v) is 2.71. The number of hydrogen-bond donors (Lipinski definition) is 0. The van der Waals surface area contributed by atoms with Crippen molar-refractivity contribution in [2.45, 2.75) is 47.5 Å². The van der Waals surface area contributed by atoms with Gasteiger partial charge >= 0.3 is 5.97 Å². The van der Waals surface area contributed by atoms with Gasteiger partial charge in [0.1, 0.15) is 6.61 Å². The molecule has 0 unspecified atom stereocenters. The van der Waals surface area contributed by atoms with Gasteiger partial charge in [0.2, 0.25) is 0 Å². The highest BCUT2D eigenvalue weighted by atomic mass is 16.5. The Labute approximate surface area is 92.2 Å². The fourth-order valence-electron chi connectivity index (χ4n) is 1.70. The van der Waals surface area contributed by atoms with Crippen LogP contribution >= 0.6 is 0 Å². The van der Waals surface area contributed by atoms with E-state index >= 15 is 0 Å². The van der Waals surface area contributed by atoms with Crippen LogP contribution in [0.25, 0.3) is 0 Å². The molecule has 0 saturated heterocycles. The van der Waals surface area contributed by atoms with Crippen LogP contribution in [0.1, 0.15) is 47.5 Å². The van der Waals surface area contributed by atoms with Crippen molar-refractivity contribution in [1.29, 1.82) is 0 Å². The molecule has 88 valence electrons. The monoisotopic (exact) mass is 214 g/mol. The molecule has 0 heterocycles. The first-order valence-corrected chi connectivity index (χ1v) is 5.36. The van der Waals surface area contributed by atoms with Gasteiger partial charge in [-0.25, -0.2) is 0 Å². The number of ether oxygens (including phenoxy) is 1. The Morgan fingerprint density at radius 3 is 2.20 bits per heavy atom. The van der Waals surface area contributed by atoms with Crippen molar-refractivity contribution >= 4 is 12.3 Å². The van der Waals surface area contributed by atoms with Crippen molar-refractivity contribution < 1.29 is 14.3 Å². The van der Waals surface area contributed by atoms with Gasteiger partial charge in [0.15, 0.2) is 6.29 Å². The zero-order valence-corrected chi connectivity index (χ0v) is 10.4. The Balaban J connectivity index is 4.40. The summed E-state index contributed by atoms with van der Waals surface area (Å²) in [7, 11) is 0. The van der Waals surface area contributed by atoms with Gasteiger partial charge < -0.3 is 4.74 Å². The van der Waals surface area contributed by atoms with Crippen LogP contribution in [0.5, 0.6) is 0 Å². The first-order valence-electron chi connectivity index (χ1n) is 5.36. The highest BCUT2D eigenvalue weighted by molar-refractivity contribution is 5.77. The molecule has 0 aliphatic carbocycles. The van der Waals surface area contributed by atoms with E-state index in [1.807, 2.05) is 13.8 Å². The Morgan fingerprint density at radius 1 is 1.27 bits per heavy atom. The molecule has 0 aliphatic rings. The fraction of sp³-hybridized carbons (Fsp3) is 0.833. The predicted octanol–water partition coefficient (Wildman–Crippen LogP) is 2.58. The van der Waals surface area contributed by atoms with E-state index in [-0.39, 0.29) is 18.0 Å². The zero-order chi connectivity index (χ0) is 12.1. The molecular weight excluding hydrogens is 192 g/mol. The maximum Gasteiger partial charge on any atom is 0.311 e. The highest BCUT2D eigenvalue weighted by Gasteiger charge is 2.35. The van der Waals surface area contributed by atoms with E-state index < -0.39 is 5.41 Å². The minimum absolute atomic E-state index is 0.115. The number of esters is 1. The van der Waals surface area contributed by atoms with Gasteiger partial charge in [0, 0.05) is 0 Å². The number of carbonyl (C=O) groups is 2. The van der Waals surface area contributed by atoms with Gasteiger partial charge in [-0.3, -0.25) is 9.59 Å². The minimum Gasteiger partial charge on any atom is -0.458 e. The average molecular weight is 214 g/mol. The second-order valence-electron chi connectivity index (χ2n) is 5.34. The summed E-state index contributed by atoms with van der Waals surface area (Å²) in [6.07, 6.45) is 2.37. The largest absolute Gasteiger partial charge is 0.458 e. The van der Waals surface area contributed by atoms with E-state index in [1.165, 1.54) is 0 Å². The van der Waals surface area contributed by atoms with Gasteiger partial charge in [-0.05, 0) is 25.7 Å². The molecule has 0 amide bonds. The molecule has 0 aliphatic heterocycles. The molecule has 0 N–H and O–H groups in total. The van der Waals surface area contributed by atoms with Crippen LogP contribution < -0.4 is 0 Å². The number of carbonyl (C=O) groups excluding carboxylic acids is 2. The predicted molar refractivity (Wildman–Crippen MR) is 59.5 cm³/mol. The Morgan fingerprint density at radius 2 is 1.80 bits per heavy atom. The molecule has 0 aromatic rings. The first-order chi connectivity index (χ1) is 6.75. The van der Waals surface area contributed by atoms with Gasteiger partial charge in [0.25, 0.3) is 0 Å². The van der Waals surface area contributed by atoms with E-state index in [0.29, 0.717) is 6.29 Å². The summed E-state index contributed by atoms with van der Waals surface area (Å²) in [5.41, 5.74) is -0.410. The first kappa shape index (κ1) is 14.1. The topological polar surface area (TPSA) is 43.4 Å². The molecule has 0 atom stereocenters. The molecule has 0 spiro atoms. The standard InChI is InChI=1S/C12H22O3/c1-6-11(2,3)9-12(4,5)10(14)15-8-7-13/h7H,6,8-9H2,1-5H3. The summed E-state index contributed by atoms with van der Waals surface area (Å²) in [5.74, 6) is -0.295. The summed E-state index contributed by atoms with van der Waals surface area (Å²) in [4.78, 5) is 21.7. The Bertz CT molecular complexity index is 229. The maximum atomic E-state index is 11.6. The van der Waals surface area contributed by atoms with Crippen molar-refractivity contribution in [3.05, 3.63) is 0 Å². The third kappa shape index (κ3) is 4.96. The lowest BCUT2D eigenvalue weighted by atomic mass is 9.74. The highest BCUT2D eigenvalue weighted by Crippen LogP contribution is 2.36. The minimum atomic E-state index is -0.525. The van der Waals surface area contributed by atoms with Crippen LogP contribution in [0.15, 0.2) is 0 Å². The zero-order valence-electron chi connectivity index (χ0n) is 10.4. The SMILES string of the molecule is CCC(C)(C)CC(C)(C)C(=O)OCC=O. The second-order valence-corrected chi connectivity index (χ2v) is 5.34. The Kier molecular flexibility index (Phi) is 4.98. The van der Waals surface area contributed by atoms with Gasteiger partial charge in [-0.15, -0.1) is 0 Å². The second kappa shape index (κ2) is 5.29. The summed E-state index contributed by atoms with van der Waals surface area (Å²) in [6.45, 7) is 9.93. The van der Waals surface area contributed by atoms with Crippen molar-refractivity contribution in [3.8, 4) is 0 Å². The molecule has 0 saturated carbocycles. The molecule has 0 rings (SSSR count). The summed E-state index contributed by atoms with van der Waals surface area (Å²) >= 11 is 0. The molecule has 0 aromatic carbocycles. The summed E-state index contributed by atoms with van der Waals surface area (Å²) in [5, 5.41) is 0. The quantitative estimate of drug-likeness (QED) is 0.504. The van der Waals surface area contributed by atoms with Crippen molar-refractivity contribution in [2.24, 2.45) is 10.8 Å². The number of rotatable bonds is 6. The molecule has 15 heavy (non-hydrogen) atoms. The number of aldehydes is 1. The number of hydrogen-bond acceptors (Lipinski definition) is 3. The van der Waals surface area contributed by atoms with Gasteiger partial charge in [-0.2, -0.15) is 0 Å². The summed E-state index contributed by atoms with van der Waals surface area (Å²) < 4.78 is 4.84.